The van der Waals surface area contributed by atoms with Crippen LogP contribution < -0.4 is 4.74 Å². The Morgan fingerprint density at radius 2 is 0.880 bits per heavy atom. The number of hydrogen-bond donors (Lipinski definition) is 0. The zero-order valence-electron chi connectivity index (χ0n) is 26.9. The smallest absolute Gasteiger partial charge is 0.165 e. The van der Waals surface area contributed by atoms with E-state index in [-0.39, 0.29) is 0 Å². The third kappa shape index (κ3) is 4.20. The minimum atomic E-state index is -0.528. The molecule has 0 amide bonds. The number of nitrogens with zero attached hydrogens (tertiary/aromatic N) is 4. The maximum absolute atomic E-state index is 6.85. The zero-order chi connectivity index (χ0) is 33.1. The van der Waals surface area contributed by atoms with E-state index in [1.54, 1.807) is 0 Å². The van der Waals surface area contributed by atoms with Crippen molar-refractivity contribution in [2.24, 2.45) is 0 Å². The molecule has 3 heterocycles. The first-order valence-electron chi connectivity index (χ1n) is 16.7. The molecule has 50 heavy (non-hydrogen) atoms. The lowest BCUT2D eigenvalue weighted by atomic mass is 9.65. The van der Waals surface area contributed by atoms with Crippen LogP contribution in [0.2, 0.25) is 0 Å². The van der Waals surface area contributed by atoms with Gasteiger partial charge in [0.05, 0.1) is 11.1 Å². The van der Waals surface area contributed by atoms with Gasteiger partial charge < -0.3 is 4.74 Å². The lowest BCUT2D eigenvalue weighted by Gasteiger charge is -2.40. The molecule has 0 bridgehead atoms. The monoisotopic (exact) mass is 640 g/mol. The van der Waals surface area contributed by atoms with E-state index in [2.05, 4.69) is 84.9 Å². The molecule has 2 aliphatic rings. The lowest BCUT2D eigenvalue weighted by molar-refractivity contribution is 0.438. The van der Waals surface area contributed by atoms with Crippen molar-refractivity contribution in [3.05, 3.63) is 192 Å². The summed E-state index contributed by atoms with van der Waals surface area (Å²) >= 11 is 0. The van der Waals surface area contributed by atoms with Gasteiger partial charge in [0, 0.05) is 39.6 Å². The van der Waals surface area contributed by atoms with Crippen LogP contribution in [0.25, 0.3) is 56.5 Å². The molecule has 1 spiro atoms. The summed E-state index contributed by atoms with van der Waals surface area (Å²) in [4.78, 5) is 19.7. The molecule has 0 fully saturated rings. The van der Waals surface area contributed by atoms with Crippen molar-refractivity contribution in [3.8, 4) is 68.0 Å². The van der Waals surface area contributed by atoms with Gasteiger partial charge in [-0.25, -0.2) is 15.0 Å². The molecule has 0 saturated heterocycles. The highest BCUT2D eigenvalue weighted by molar-refractivity contribution is 5.90. The van der Waals surface area contributed by atoms with Gasteiger partial charge in [-0.05, 0) is 46.5 Å². The molecule has 5 heteroatoms. The minimum Gasteiger partial charge on any atom is -0.456 e. The molecule has 1 aliphatic heterocycles. The molecule has 10 rings (SSSR count). The summed E-state index contributed by atoms with van der Waals surface area (Å²) in [6.45, 7) is 0. The molecule has 2 aromatic heterocycles. The van der Waals surface area contributed by atoms with Crippen LogP contribution in [0.3, 0.4) is 0 Å². The van der Waals surface area contributed by atoms with Crippen LogP contribution in [-0.2, 0) is 5.41 Å². The maximum atomic E-state index is 6.85. The summed E-state index contributed by atoms with van der Waals surface area (Å²) in [5, 5.41) is 0. The van der Waals surface area contributed by atoms with Gasteiger partial charge in [0.15, 0.2) is 17.5 Å². The Morgan fingerprint density at radius 3 is 1.48 bits per heavy atom. The largest absolute Gasteiger partial charge is 0.456 e. The maximum Gasteiger partial charge on any atom is 0.165 e. The highest BCUT2D eigenvalue weighted by Crippen LogP contribution is 2.63. The SMILES string of the molecule is c1ccc(-c2nc(-c3ccccc3)nc(-c3ccc(-c4cccc5c4Oc4ccccc4C54c5ccccc5-c5ccccc54)nc3)n2)cc1. The second-order valence-corrected chi connectivity index (χ2v) is 12.6. The molecule has 0 saturated carbocycles. The summed E-state index contributed by atoms with van der Waals surface area (Å²) in [6.07, 6.45) is 1.85. The van der Waals surface area contributed by atoms with Crippen molar-refractivity contribution in [2.45, 2.75) is 5.41 Å². The minimum absolute atomic E-state index is 0.528. The van der Waals surface area contributed by atoms with Gasteiger partial charge in [-0.3, -0.25) is 4.98 Å². The van der Waals surface area contributed by atoms with Gasteiger partial charge in [-0.15, -0.1) is 0 Å². The van der Waals surface area contributed by atoms with Gasteiger partial charge in [-0.1, -0.05) is 140 Å². The van der Waals surface area contributed by atoms with Gasteiger partial charge in [0.25, 0.3) is 0 Å². The molecule has 0 atom stereocenters. The van der Waals surface area contributed by atoms with Crippen molar-refractivity contribution in [3.63, 3.8) is 0 Å². The first-order chi connectivity index (χ1) is 24.8. The topological polar surface area (TPSA) is 60.8 Å². The summed E-state index contributed by atoms with van der Waals surface area (Å²) < 4.78 is 6.85. The van der Waals surface area contributed by atoms with Crippen molar-refractivity contribution in [2.75, 3.05) is 0 Å². The molecular formula is C45H28N4O. The van der Waals surface area contributed by atoms with Crippen molar-refractivity contribution < 1.29 is 4.74 Å². The van der Waals surface area contributed by atoms with E-state index in [1.165, 1.54) is 22.3 Å². The Balaban J connectivity index is 1.13. The van der Waals surface area contributed by atoms with E-state index in [9.17, 15) is 0 Å². The quantitative estimate of drug-likeness (QED) is 0.192. The Bertz CT molecular complexity index is 2460. The predicted octanol–water partition coefficient (Wildman–Crippen LogP) is 10.4. The summed E-state index contributed by atoms with van der Waals surface area (Å²) in [5.41, 5.74) is 11.1. The fourth-order valence-corrected chi connectivity index (χ4v) is 7.70. The van der Waals surface area contributed by atoms with Crippen molar-refractivity contribution in [1.82, 2.24) is 19.9 Å². The number of benzene rings is 6. The Morgan fingerprint density at radius 1 is 0.380 bits per heavy atom. The van der Waals surface area contributed by atoms with E-state index < -0.39 is 5.41 Å². The normalized spacial score (nSPS) is 13.1. The third-order valence-corrected chi connectivity index (χ3v) is 9.87. The molecule has 0 radical (unpaired) electrons. The van der Waals surface area contributed by atoms with Crippen molar-refractivity contribution in [1.29, 1.82) is 0 Å². The first kappa shape index (κ1) is 28.3. The second-order valence-electron chi connectivity index (χ2n) is 12.6. The standard InChI is InChI=1S/C45H28N4O/c1-3-14-29(15-4-1)42-47-43(30-16-5-2-6-17-30)49-44(48-42)31-26-27-39(46-28-31)34-20-13-24-38-41(34)50-40-25-12-11-23-37(40)45(38)35-21-9-7-18-32(35)33-19-8-10-22-36(33)45/h1-28H. The highest BCUT2D eigenvalue weighted by atomic mass is 16.5. The molecule has 1 aliphatic carbocycles. The number of fused-ring (bicyclic) bond motifs is 9. The van der Waals surface area contributed by atoms with Crippen LogP contribution in [-0.4, -0.2) is 19.9 Å². The predicted molar refractivity (Wildman–Crippen MR) is 197 cm³/mol. The van der Waals surface area contributed by atoms with Crippen LogP contribution >= 0.6 is 0 Å². The number of ether oxygens (including phenoxy) is 1. The highest BCUT2D eigenvalue weighted by Gasteiger charge is 2.51. The van der Waals surface area contributed by atoms with Gasteiger partial charge in [-0.2, -0.15) is 0 Å². The second kappa shape index (κ2) is 11.2. The lowest BCUT2D eigenvalue weighted by Crippen LogP contribution is -2.32. The summed E-state index contributed by atoms with van der Waals surface area (Å²) in [7, 11) is 0. The van der Waals surface area contributed by atoms with Crippen LogP contribution in [0.4, 0.5) is 0 Å². The first-order valence-corrected chi connectivity index (χ1v) is 16.7. The number of hydrogen-bond acceptors (Lipinski definition) is 5. The molecule has 6 aromatic carbocycles. The molecule has 5 nitrogen and oxygen atoms in total. The van der Waals surface area contributed by atoms with E-state index >= 15 is 0 Å². The Kier molecular flexibility index (Phi) is 6.33. The van der Waals surface area contributed by atoms with Crippen LogP contribution in [0, 0.1) is 0 Å². The average molecular weight is 641 g/mol. The fourth-order valence-electron chi connectivity index (χ4n) is 7.70. The number of pyridine rings is 1. The Labute approximate surface area is 289 Å². The van der Waals surface area contributed by atoms with E-state index in [0.29, 0.717) is 17.5 Å². The molecular weight excluding hydrogens is 613 g/mol. The van der Waals surface area contributed by atoms with Gasteiger partial charge in [0.2, 0.25) is 0 Å². The molecule has 0 unspecified atom stereocenters. The number of rotatable bonds is 4. The molecule has 234 valence electrons. The fraction of sp³-hybridized carbons (Fsp3) is 0.0222. The number of para-hydroxylation sites is 2. The van der Waals surface area contributed by atoms with Crippen LogP contribution in [0.1, 0.15) is 22.3 Å². The molecule has 8 aromatic rings. The Hall–Kier alpha value is -6.72. The van der Waals surface area contributed by atoms with E-state index in [4.69, 9.17) is 24.7 Å². The van der Waals surface area contributed by atoms with Gasteiger partial charge in [0.1, 0.15) is 11.5 Å². The van der Waals surface area contributed by atoms with Gasteiger partial charge >= 0.3 is 0 Å². The average Bonchev–Trinajstić information content (AvgIpc) is 3.49. The van der Waals surface area contributed by atoms with Crippen molar-refractivity contribution >= 4 is 0 Å². The summed E-state index contributed by atoms with van der Waals surface area (Å²) in [5.74, 6) is 3.46. The zero-order valence-corrected chi connectivity index (χ0v) is 26.9. The van der Waals surface area contributed by atoms with Crippen LogP contribution in [0.5, 0.6) is 11.5 Å². The molecule has 0 N–H and O–H groups in total. The van der Waals surface area contributed by atoms with Crippen LogP contribution in [0.15, 0.2) is 170 Å². The summed E-state index contributed by atoms with van der Waals surface area (Å²) in [6, 6.07) is 56.5. The third-order valence-electron chi connectivity index (χ3n) is 9.87. The van der Waals surface area contributed by atoms with E-state index in [0.717, 1.165) is 50.6 Å². The number of aromatic nitrogens is 4. The van der Waals surface area contributed by atoms with E-state index in [1.807, 2.05) is 85.1 Å².